The van der Waals surface area contributed by atoms with E-state index in [4.69, 9.17) is 0 Å². The highest BCUT2D eigenvalue weighted by atomic mass is 16.1. The molecule has 2 aliphatic rings. The molecule has 1 N–H and O–H groups in total. The normalized spacial score (nSPS) is 19.1. The molecule has 0 atom stereocenters. The number of hydrogen-bond acceptors (Lipinski definition) is 3. The van der Waals surface area contributed by atoms with Crippen LogP contribution in [0.5, 0.6) is 0 Å². The summed E-state index contributed by atoms with van der Waals surface area (Å²) in [5.74, 6) is 2.44. The number of hydrogen-bond donors (Lipinski definition) is 1. The van der Waals surface area contributed by atoms with Crippen molar-refractivity contribution in [1.82, 2.24) is 20.1 Å². The van der Waals surface area contributed by atoms with Crippen molar-refractivity contribution in [1.29, 1.82) is 0 Å². The van der Waals surface area contributed by atoms with Crippen molar-refractivity contribution in [3.63, 3.8) is 0 Å². The van der Waals surface area contributed by atoms with Gasteiger partial charge >= 0.3 is 0 Å². The van der Waals surface area contributed by atoms with Gasteiger partial charge in [-0.3, -0.25) is 4.79 Å². The van der Waals surface area contributed by atoms with E-state index in [9.17, 15) is 4.79 Å². The molecule has 0 saturated heterocycles. The second kappa shape index (κ2) is 3.98. The minimum absolute atomic E-state index is 0.164. The Morgan fingerprint density at radius 2 is 2.18 bits per heavy atom. The molecule has 5 heteroatoms. The van der Waals surface area contributed by atoms with E-state index in [0.717, 1.165) is 11.6 Å². The van der Waals surface area contributed by atoms with Crippen molar-refractivity contribution in [3.05, 3.63) is 24.3 Å². The largest absolute Gasteiger partial charge is 0.345 e. The van der Waals surface area contributed by atoms with Crippen molar-refractivity contribution in [2.75, 3.05) is 0 Å². The summed E-state index contributed by atoms with van der Waals surface area (Å²) in [4.78, 5) is 11.1. The van der Waals surface area contributed by atoms with Gasteiger partial charge in [0.05, 0.1) is 6.54 Å². The lowest BCUT2D eigenvalue weighted by molar-refractivity contribution is -0.116. The quantitative estimate of drug-likeness (QED) is 0.778. The number of carbonyl (C=O) groups is 1. The predicted molar refractivity (Wildman–Crippen MR) is 62.3 cm³/mol. The van der Waals surface area contributed by atoms with Gasteiger partial charge in [0, 0.05) is 12.0 Å². The molecule has 0 aromatic carbocycles. The van der Waals surface area contributed by atoms with E-state index in [2.05, 4.69) is 26.7 Å². The summed E-state index contributed by atoms with van der Waals surface area (Å²) in [6.07, 6.45) is 6.15. The van der Waals surface area contributed by atoms with Crippen LogP contribution in [0.1, 0.15) is 49.3 Å². The second-order valence-electron chi connectivity index (χ2n) is 4.77. The molecule has 2 saturated carbocycles. The summed E-state index contributed by atoms with van der Waals surface area (Å²) in [5.41, 5.74) is 0. The Labute approximate surface area is 99.9 Å². The molecule has 5 nitrogen and oxygen atoms in total. The highest BCUT2D eigenvalue weighted by Gasteiger charge is 2.36. The maximum Gasteiger partial charge on any atom is 0.243 e. The number of carbonyl (C=O) groups excluding carboxylic acids is 1. The fourth-order valence-electron chi connectivity index (χ4n) is 2.05. The van der Waals surface area contributed by atoms with Gasteiger partial charge in [0.2, 0.25) is 5.91 Å². The third kappa shape index (κ3) is 2.09. The zero-order valence-corrected chi connectivity index (χ0v) is 9.72. The molecule has 0 unspecified atom stereocenters. The lowest BCUT2D eigenvalue weighted by Gasteiger charge is -2.08. The van der Waals surface area contributed by atoms with Gasteiger partial charge in [-0.15, -0.1) is 10.2 Å². The molecule has 0 spiro atoms. The van der Waals surface area contributed by atoms with Crippen LogP contribution >= 0.6 is 0 Å². The first kappa shape index (κ1) is 10.5. The zero-order valence-electron chi connectivity index (χ0n) is 9.72. The first-order valence-electron chi connectivity index (χ1n) is 6.13. The topological polar surface area (TPSA) is 59.8 Å². The molecular formula is C12H16N4O. The monoisotopic (exact) mass is 232 g/mol. The van der Waals surface area contributed by atoms with Crippen LogP contribution in [-0.4, -0.2) is 20.7 Å². The SMILES string of the molecule is C=CC(=O)NCc1nnc(C2CC2)n1C1CC1. The lowest BCUT2D eigenvalue weighted by atomic mass is 10.3. The molecular weight excluding hydrogens is 216 g/mol. The van der Waals surface area contributed by atoms with Gasteiger partial charge in [-0.05, 0) is 31.8 Å². The van der Waals surface area contributed by atoms with E-state index >= 15 is 0 Å². The van der Waals surface area contributed by atoms with E-state index in [-0.39, 0.29) is 5.91 Å². The number of rotatable bonds is 5. The average molecular weight is 232 g/mol. The van der Waals surface area contributed by atoms with E-state index in [1.807, 2.05) is 0 Å². The summed E-state index contributed by atoms with van der Waals surface area (Å²) < 4.78 is 2.24. The van der Waals surface area contributed by atoms with Gasteiger partial charge < -0.3 is 9.88 Å². The highest BCUT2D eigenvalue weighted by Crippen LogP contribution is 2.44. The van der Waals surface area contributed by atoms with Crippen LogP contribution in [0.2, 0.25) is 0 Å². The molecule has 1 amide bonds. The van der Waals surface area contributed by atoms with Crippen molar-refractivity contribution in [3.8, 4) is 0 Å². The van der Waals surface area contributed by atoms with Gasteiger partial charge in [-0.1, -0.05) is 6.58 Å². The summed E-state index contributed by atoms with van der Waals surface area (Å²) in [6, 6.07) is 0.566. The van der Waals surface area contributed by atoms with Gasteiger partial charge in [0.25, 0.3) is 0 Å². The third-order valence-electron chi connectivity index (χ3n) is 3.25. The molecule has 1 aromatic heterocycles. The third-order valence-corrected chi connectivity index (χ3v) is 3.25. The maximum atomic E-state index is 11.1. The number of nitrogens with one attached hydrogen (secondary N) is 1. The summed E-state index contributed by atoms with van der Waals surface area (Å²) in [5, 5.41) is 11.3. The summed E-state index contributed by atoms with van der Waals surface area (Å²) in [7, 11) is 0. The smallest absolute Gasteiger partial charge is 0.243 e. The van der Waals surface area contributed by atoms with E-state index in [1.165, 1.54) is 31.8 Å². The van der Waals surface area contributed by atoms with Gasteiger partial charge in [-0.2, -0.15) is 0 Å². The van der Waals surface area contributed by atoms with Gasteiger partial charge in [0.1, 0.15) is 5.82 Å². The van der Waals surface area contributed by atoms with Crippen molar-refractivity contribution in [2.45, 2.75) is 44.2 Å². The standard InChI is InChI=1S/C12H16N4O/c1-2-11(17)13-7-10-14-15-12(8-3-4-8)16(10)9-5-6-9/h2,8-9H,1,3-7H2,(H,13,17). The highest BCUT2D eigenvalue weighted by molar-refractivity contribution is 5.86. The van der Waals surface area contributed by atoms with Crippen LogP contribution in [0.3, 0.4) is 0 Å². The molecule has 0 bridgehead atoms. The molecule has 17 heavy (non-hydrogen) atoms. The molecule has 0 radical (unpaired) electrons. The first-order valence-corrected chi connectivity index (χ1v) is 6.13. The van der Waals surface area contributed by atoms with Crippen LogP contribution in [0, 0.1) is 0 Å². The van der Waals surface area contributed by atoms with E-state index in [1.54, 1.807) is 0 Å². The van der Waals surface area contributed by atoms with Gasteiger partial charge in [-0.25, -0.2) is 0 Å². The predicted octanol–water partition coefficient (Wildman–Crippen LogP) is 1.29. The molecule has 2 fully saturated rings. The second-order valence-corrected chi connectivity index (χ2v) is 4.77. The van der Waals surface area contributed by atoms with Crippen LogP contribution < -0.4 is 5.32 Å². The van der Waals surface area contributed by atoms with Crippen molar-refractivity contribution < 1.29 is 4.79 Å². The van der Waals surface area contributed by atoms with Crippen molar-refractivity contribution in [2.24, 2.45) is 0 Å². The molecule has 3 rings (SSSR count). The van der Waals surface area contributed by atoms with E-state index in [0.29, 0.717) is 18.5 Å². The Morgan fingerprint density at radius 1 is 1.41 bits per heavy atom. The lowest BCUT2D eigenvalue weighted by Crippen LogP contribution is -2.22. The van der Waals surface area contributed by atoms with Crippen LogP contribution in [0.4, 0.5) is 0 Å². The minimum atomic E-state index is -0.164. The molecule has 2 aliphatic carbocycles. The fraction of sp³-hybridized carbons (Fsp3) is 0.583. The Kier molecular flexibility index (Phi) is 2.46. The maximum absolute atomic E-state index is 11.1. The summed E-state index contributed by atoms with van der Waals surface area (Å²) in [6.45, 7) is 3.88. The Balaban J connectivity index is 1.78. The van der Waals surface area contributed by atoms with Crippen LogP contribution in [0.25, 0.3) is 0 Å². The van der Waals surface area contributed by atoms with Crippen molar-refractivity contribution >= 4 is 5.91 Å². The number of aromatic nitrogens is 3. The van der Waals surface area contributed by atoms with Gasteiger partial charge in [0.15, 0.2) is 5.82 Å². The summed E-state index contributed by atoms with van der Waals surface area (Å²) >= 11 is 0. The van der Waals surface area contributed by atoms with E-state index < -0.39 is 0 Å². The molecule has 0 aliphatic heterocycles. The average Bonchev–Trinajstić information content (AvgIpc) is 3.24. The molecule has 90 valence electrons. The fourth-order valence-corrected chi connectivity index (χ4v) is 2.05. The Bertz CT molecular complexity index is 457. The number of amides is 1. The van der Waals surface area contributed by atoms with Crippen LogP contribution in [0.15, 0.2) is 12.7 Å². The number of nitrogens with zero attached hydrogens (tertiary/aromatic N) is 3. The Morgan fingerprint density at radius 3 is 2.76 bits per heavy atom. The zero-order chi connectivity index (χ0) is 11.8. The Hall–Kier alpha value is -1.65. The molecule has 1 heterocycles. The molecule has 1 aromatic rings. The first-order chi connectivity index (χ1) is 8.29. The van der Waals surface area contributed by atoms with Crippen LogP contribution in [-0.2, 0) is 11.3 Å². The minimum Gasteiger partial charge on any atom is -0.345 e.